The molecule has 0 unspecified atom stereocenters. The number of amides is 1. The largest absolute Gasteiger partial charge is 0.461 e. The number of fused-ring (bicyclic) bond motifs is 1. The molecule has 2 aromatic heterocycles. The van der Waals surface area contributed by atoms with Gasteiger partial charge in [0, 0.05) is 28.3 Å². The molecular formula is C20H20N4O4S2. The van der Waals surface area contributed by atoms with E-state index >= 15 is 0 Å². The summed E-state index contributed by atoms with van der Waals surface area (Å²) in [6, 6.07) is 9.32. The summed E-state index contributed by atoms with van der Waals surface area (Å²) in [5.74, 6) is -1.33. The van der Waals surface area contributed by atoms with Crippen molar-refractivity contribution in [3.8, 4) is 5.69 Å². The molecule has 3 N–H and O–H groups in total. The third-order valence-electron chi connectivity index (χ3n) is 5.16. The van der Waals surface area contributed by atoms with Crippen LogP contribution in [0.4, 0.5) is 0 Å². The smallest absolute Gasteiger partial charge is 0.359 e. The second-order valence-corrected chi connectivity index (χ2v) is 9.15. The van der Waals surface area contributed by atoms with Gasteiger partial charge in [-0.05, 0) is 26.0 Å². The molecule has 3 heterocycles. The van der Waals surface area contributed by atoms with Gasteiger partial charge >= 0.3 is 10.8 Å². The Kier molecular flexibility index (Phi) is 5.29. The minimum Gasteiger partial charge on any atom is -0.461 e. The van der Waals surface area contributed by atoms with Gasteiger partial charge < -0.3 is 15.5 Å². The number of nitrogens with two attached hydrogens (primary N) is 1. The zero-order chi connectivity index (χ0) is 21.5. The van der Waals surface area contributed by atoms with E-state index in [0.29, 0.717) is 21.2 Å². The second-order valence-electron chi connectivity index (χ2n) is 7.14. The molecule has 1 aromatic carbocycles. The molecule has 3 aromatic rings. The number of primary amides is 1. The predicted molar refractivity (Wildman–Crippen MR) is 114 cm³/mol. The van der Waals surface area contributed by atoms with Gasteiger partial charge in [-0.1, -0.05) is 29.5 Å². The van der Waals surface area contributed by atoms with Gasteiger partial charge in [-0.2, -0.15) is 5.10 Å². The number of benzene rings is 1. The standard InChI is InChI=1S/C20H20N4O4S2/c1-3-28-17(25)14-12(9-24(23-14)11-7-5-4-6-8-11)13-15-16(22-19(27)30-15)29-10-20(13,2)18(21)26/h4-9,13H,3,10H2,1-2H3,(H2,21,26)(H,22,27)/t13-,20-/m1/s1. The van der Waals surface area contributed by atoms with E-state index in [9.17, 15) is 14.4 Å². The van der Waals surface area contributed by atoms with Gasteiger partial charge in [0.25, 0.3) is 0 Å². The Morgan fingerprint density at radius 3 is 2.77 bits per heavy atom. The number of aromatic amines is 1. The van der Waals surface area contributed by atoms with Crippen molar-refractivity contribution >= 4 is 35.0 Å². The summed E-state index contributed by atoms with van der Waals surface area (Å²) in [6.45, 7) is 3.66. The molecule has 0 saturated carbocycles. The van der Waals surface area contributed by atoms with E-state index in [-0.39, 0.29) is 17.2 Å². The highest BCUT2D eigenvalue weighted by Crippen LogP contribution is 2.52. The van der Waals surface area contributed by atoms with Crippen LogP contribution in [0.5, 0.6) is 0 Å². The number of aromatic nitrogens is 3. The number of thioether (sulfide) groups is 1. The summed E-state index contributed by atoms with van der Waals surface area (Å²) < 4.78 is 6.81. The topological polar surface area (TPSA) is 120 Å². The van der Waals surface area contributed by atoms with Crippen molar-refractivity contribution in [3.05, 3.63) is 62.3 Å². The lowest BCUT2D eigenvalue weighted by Gasteiger charge is -2.37. The van der Waals surface area contributed by atoms with Crippen LogP contribution in [0.25, 0.3) is 5.69 Å². The molecule has 0 bridgehead atoms. The number of ether oxygens (including phenoxy) is 1. The van der Waals surface area contributed by atoms with Crippen LogP contribution in [0, 0.1) is 5.41 Å². The summed E-state index contributed by atoms with van der Waals surface area (Å²) in [7, 11) is 0. The van der Waals surface area contributed by atoms with E-state index in [2.05, 4.69) is 10.1 Å². The highest BCUT2D eigenvalue weighted by molar-refractivity contribution is 7.99. The summed E-state index contributed by atoms with van der Waals surface area (Å²) >= 11 is 2.40. The van der Waals surface area contributed by atoms with Crippen LogP contribution in [0.3, 0.4) is 0 Å². The average molecular weight is 445 g/mol. The van der Waals surface area contributed by atoms with Gasteiger partial charge in [0.15, 0.2) is 5.69 Å². The van der Waals surface area contributed by atoms with Crippen molar-refractivity contribution in [2.45, 2.75) is 24.8 Å². The Hall–Kier alpha value is -2.85. The van der Waals surface area contributed by atoms with Crippen molar-refractivity contribution in [1.29, 1.82) is 0 Å². The number of esters is 1. The Bertz CT molecular complexity index is 1170. The molecule has 30 heavy (non-hydrogen) atoms. The maximum Gasteiger partial charge on any atom is 0.359 e. The number of H-pyrrole nitrogens is 1. The molecular weight excluding hydrogens is 424 g/mol. The number of rotatable bonds is 5. The number of nitrogens with one attached hydrogen (secondary N) is 1. The number of hydrogen-bond donors (Lipinski definition) is 2. The number of para-hydroxylation sites is 1. The first-order valence-corrected chi connectivity index (χ1v) is 11.1. The average Bonchev–Trinajstić information content (AvgIpc) is 3.32. The van der Waals surface area contributed by atoms with Gasteiger partial charge in [-0.25, -0.2) is 9.48 Å². The third-order valence-corrected chi connectivity index (χ3v) is 7.59. The Balaban J connectivity index is 1.96. The van der Waals surface area contributed by atoms with Gasteiger partial charge in [0.2, 0.25) is 5.91 Å². The van der Waals surface area contributed by atoms with Crippen molar-refractivity contribution in [3.63, 3.8) is 0 Å². The van der Waals surface area contributed by atoms with E-state index in [0.717, 1.165) is 17.0 Å². The second kappa shape index (κ2) is 7.77. The van der Waals surface area contributed by atoms with Crippen LogP contribution in [0.2, 0.25) is 0 Å². The molecule has 1 aliphatic heterocycles. The minimum absolute atomic E-state index is 0.108. The summed E-state index contributed by atoms with van der Waals surface area (Å²) in [6.07, 6.45) is 1.72. The monoisotopic (exact) mass is 444 g/mol. The van der Waals surface area contributed by atoms with Gasteiger partial charge in [-0.3, -0.25) is 9.59 Å². The first-order chi connectivity index (χ1) is 14.3. The normalized spacial score (nSPS) is 20.5. The molecule has 156 valence electrons. The Morgan fingerprint density at radius 2 is 2.10 bits per heavy atom. The van der Waals surface area contributed by atoms with E-state index in [4.69, 9.17) is 10.5 Å². The Morgan fingerprint density at radius 1 is 1.37 bits per heavy atom. The lowest BCUT2D eigenvalue weighted by atomic mass is 9.73. The van der Waals surface area contributed by atoms with Crippen molar-refractivity contribution in [2.24, 2.45) is 11.1 Å². The van der Waals surface area contributed by atoms with Crippen molar-refractivity contribution in [1.82, 2.24) is 14.8 Å². The van der Waals surface area contributed by atoms with Crippen LogP contribution in [-0.2, 0) is 9.53 Å². The van der Waals surface area contributed by atoms with Crippen LogP contribution < -0.4 is 10.6 Å². The quantitative estimate of drug-likeness (QED) is 0.584. The van der Waals surface area contributed by atoms with E-state index in [1.807, 2.05) is 30.3 Å². The predicted octanol–water partition coefficient (Wildman–Crippen LogP) is 2.53. The van der Waals surface area contributed by atoms with Crippen LogP contribution in [0.1, 0.15) is 40.7 Å². The SMILES string of the molecule is CCOC(=O)c1nn(-c2ccccc2)cc1[C@@H]1c2sc(=O)[nH]c2SC[C@@]1(C)C(N)=O. The number of carbonyl (C=O) groups is 2. The van der Waals surface area contributed by atoms with Crippen LogP contribution in [-0.4, -0.2) is 39.0 Å². The zero-order valence-electron chi connectivity index (χ0n) is 16.4. The Labute approximate surface area is 180 Å². The summed E-state index contributed by atoms with van der Waals surface area (Å²) in [4.78, 5) is 40.7. The van der Waals surface area contributed by atoms with Crippen LogP contribution in [0.15, 0.2) is 46.3 Å². The fourth-order valence-corrected chi connectivity index (χ4v) is 6.13. The number of carbonyl (C=O) groups excluding carboxylic acids is 2. The molecule has 2 atom stereocenters. The van der Waals surface area contributed by atoms with E-state index < -0.39 is 23.2 Å². The fourth-order valence-electron chi connectivity index (χ4n) is 3.59. The number of nitrogens with zero attached hydrogens (tertiary/aromatic N) is 2. The van der Waals surface area contributed by atoms with E-state index in [1.54, 1.807) is 24.7 Å². The minimum atomic E-state index is -1.02. The zero-order valence-corrected chi connectivity index (χ0v) is 18.0. The molecule has 8 nitrogen and oxygen atoms in total. The molecule has 0 saturated heterocycles. The fraction of sp³-hybridized carbons (Fsp3) is 0.300. The van der Waals surface area contributed by atoms with Crippen LogP contribution >= 0.6 is 23.1 Å². The molecule has 0 aliphatic carbocycles. The lowest BCUT2D eigenvalue weighted by molar-refractivity contribution is -0.126. The molecule has 4 rings (SSSR count). The summed E-state index contributed by atoms with van der Waals surface area (Å²) in [5.41, 5.74) is 6.17. The third kappa shape index (κ3) is 3.35. The van der Waals surface area contributed by atoms with E-state index in [1.165, 1.54) is 11.8 Å². The summed E-state index contributed by atoms with van der Waals surface area (Å²) in [5, 5.41) is 5.17. The first kappa shape index (κ1) is 20.4. The lowest BCUT2D eigenvalue weighted by Crippen LogP contribution is -2.44. The maximum absolute atomic E-state index is 12.8. The van der Waals surface area contributed by atoms with Gasteiger partial charge in [0.05, 0.1) is 22.7 Å². The molecule has 0 radical (unpaired) electrons. The molecule has 0 fully saturated rings. The highest BCUT2D eigenvalue weighted by Gasteiger charge is 2.49. The molecule has 0 spiro atoms. The number of hydrogen-bond acceptors (Lipinski definition) is 7. The maximum atomic E-state index is 12.8. The van der Waals surface area contributed by atoms with Crippen molar-refractivity contribution < 1.29 is 14.3 Å². The molecule has 10 heteroatoms. The first-order valence-electron chi connectivity index (χ1n) is 9.33. The van der Waals surface area contributed by atoms with Crippen molar-refractivity contribution in [2.75, 3.05) is 12.4 Å². The molecule has 1 amide bonds. The van der Waals surface area contributed by atoms with Gasteiger partial charge in [-0.15, -0.1) is 11.8 Å². The number of thiazole rings is 1. The highest BCUT2D eigenvalue weighted by atomic mass is 32.2. The van der Waals surface area contributed by atoms with Gasteiger partial charge in [0.1, 0.15) is 0 Å². The molecule has 1 aliphatic rings.